The fraction of sp³-hybridized carbons (Fsp3) is 0.750. The van der Waals surface area contributed by atoms with Crippen molar-refractivity contribution in [1.29, 1.82) is 0 Å². The first-order valence-corrected chi connectivity index (χ1v) is 20.0. The van der Waals surface area contributed by atoms with Gasteiger partial charge < -0.3 is 15.2 Å². The topological polar surface area (TPSA) is 61.8 Å². The van der Waals surface area contributed by atoms with Crippen LogP contribution in [0.3, 0.4) is 0 Å². The normalized spacial score (nSPS) is 41.5. The molecule has 6 aliphatic rings. The van der Waals surface area contributed by atoms with Crippen molar-refractivity contribution >= 4 is 11.5 Å². The van der Waals surface area contributed by atoms with E-state index >= 15 is 0 Å². The van der Waals surface area contributed by atoms with Gasteiger partial charge in [-0.2, -0.15) is 0 Å². The number of nitrogens with one attached hydrogen (secondary N) is 1. The summed E-state index contributed by atoms with van der Waals surface area (Å²) in [6.07, 6.45) is 15.7. The number of hydrogen-bond acceptors (Lipinski definition) is 4. The second-order valence-corrected chi connectivity index (χ2v) is 19.0. The maximum absolute atomic E-state index is 11.6. The molecular formula is C44H66N2O3. The van der Waals surface area contributed by atoms with Crippen LogP contribution in [0.5, 0.6) is 0 Å². The minimum Gasteiger partial charge on any atom is -0.478 e. The summed E-state index contributed by atoms with van der Waals surface area (Å²) in [4.78, 5) is 14.1. The Hall–Kier alpha value is -1.95. The molecule has 1 aromatic rings. The number of hydrogen-bond donors (Lipinski definition) is 2. The van der Waals surface area contributed by atoms with Gasteiger partial charge in [0.2, 0.25) is 0 Å². The Morgan fingerprint density at radius 3 is 2.37 bits per heavy atom. The third-order valence-electron chi connectivity index (χ3n) is 16.7. The lowest BCUT2D eigenvalue weighted by Gasteiger charge is -2.72. The first-order chi connectivity index (χ1) is 23.3. The Bertz CT molecular complexity index is 1440. The molecule has 5 fully saturated rings. The SMILES string of the molecule is C=C(C)[C@@H]1CC[C@]2(CNCCCN3CCOCC3)CC[C@]3(C)[C@H](CC[C@@H]4[C@@]5(C)CC=C(c6ccc(C(=O)O)cc6)C(C)(C)[C@@H]5CC[C@]43C)[C@@H]12. The van der Waals surface area contributed by atoms with E-state index in [9.17, 15) is 9.90 Å². The van der Waals surface area contributed by atoms with Gasteiger partial charge in [0.05, 0.1) is 18.8 Å². The van der Waals surface area contributed by atoms with E-state index < -0.39 is 5.97 Å². The third kappa shape index (κ3) is 5.62. The van der Waals surface area contributed by atoms with Gasteiger partial charge in [-0.3, -0.25) is 4.90 Å². The van der Waals surface area contributed by atoms with E-state index in [1.54, 1.807) is 12.1 Å². The molecule has 7 rings (SSSR count). The van der Waals surface area contributed by atoms with Gasteiger partial charge in [0, 0.05) is 19.6 Å². The minimum atomic E-state index is -0.852. The van der Waals surface area contributed by atoms with Crippen molar-refractivity contribution in [1.82, 2.24) is 10.2 Å². The predicted octanol–water partition coefficient (Wildman–Crippen LogP) is 9.35. The van der Waals surface area contributed by atoms with Crippen molar-refractivity contribution in [3.8, 4) is 0 Å². The molecule has 0 aromatic heterocycles. The van der Waals surface area contributed by atoms with E-state index in [0.717, 1.165) is 57.0 Å². The average Bonchev–Trinajstić information content (AvgIpc) is 3.45. The predicted molar refractivity (Wildman–Crippen MR) is 200 cm³/mol. The van der Waals surface area contributed by atoms with Crippen LogP contribution in [0.2, 0.25) is 0 Å². The number of nitrogens with zero attached hydrogens (tertiary/aromatic N) is 1. The highest BCUT2D eigenvalue weighted by molar-refractivity contribution is 5.88. The standard InChI is InChI=1S/C44H66N2O3/c1-30(2)33-15-20-44(29-45-23-8-24-46-25-27-49-28-26-46)22-21-42(6)35(38(33)44)13-14-37-41(5)18-16-34(31-9-11-32(12-10-31)39(47)48)40(3,4)36(41)17-19-43(37,42)7/h9-12,16,33,35-38,45H,1,8,13-15,17-29H2,2-7H3,(H,47,48)/t33-,35+,36-,37+,38+,41-,42+,43+,44+/m0/s1. The molecule has 0 unspecified atom stereocenters. The molecule has 0 amide bonds. The zero-order valence-electron chi connectivity index (χ0n) is 31.7. The number of allylic oxidation sites excluding steroid dienone is 3. The Labute approximate surface area is 297 Å². The fourth-order valence-electron chi connectivity index (χ4n) is 14.1. The molecule has 9 atom stereocenters. The largest absolute Gasteiger partial charge is 0.478 e. The molecule has 0 radical (unpaired) electrons. The molecular weight excluding hydrogens is 604 g/mol. The highest BCUT2D eigenvalue weighted by Gasteiger charge is 2.70. The maximum Gasteiger partial charge on any atom is 0.335 e. The van der Waals surface area contributed by atoms with Gasteiger partial charge in [-0.1, -0.05) is 65.0 Å². The molecule has 5 heteroatoms. The first kappa shape index (κ1) is 35.5. The summed E-state index contributed by atoms with van der Waals surface area (Å²) in [5.41, 5.74) is 5.86. The summed E-state index contributed by atoms with van der Waals surface area (Å²) < 4.78 is 5.56. The molecule has 4 saturated carbocycles. The van der Waals surface area contributed by atoms with Crippen LogP contribution in [-0.2, 0) is 4.74 Å². The Balaban J connectivity index is 1.12. The first-order valence-electron chi connectivity index (χ1n) is 20.0. The molecule has 5 aliphatic carbocycles. The van der Waals surface area contributed by atoms with Crippen molar-refractivity contribution in [2.75, 3.05) is 45.9 Å². The molecule has 5 nitrogen and oxygen atoms in total. The summed E-state index contributed by atoms with van der Waals surface area (Å²) in [5.74, 6) is 2.69. The second-order valence-electron chi connectivity index (χ2n) is 19.0. The van der Waals surface area contributed by atoms with E-state index in [2.05, 4.69) is 64.4 Å². The quantitative estimate of drug-likeness (QED) is 0.203. The van der Waals surface area contributed by atoms with Crippen molar-refractivity contribution in [2.45, 2.75) is 106 Å². The van der Waals surface area contributed by atoms with E-state index in [0.29, 0.717) is 33.6 Å². The van der Waals surface area contributed by atoms with Gasteiger partial charge >= 0.3 is 5.97 Å². The van der Waals surface area contributed by atoms with Crippen molar-refractivity contribution in [2.24, 2.45) is 56.7 Å². The maximum atomic E-state index is 11.6. The van der Waals surface area contributed by atoms with E-state index in [-0.39, 0.29) is 10.8 Å². The number of carboxylic acids is 1. The molecule has 1 saturated heterocycles. The molecule has 0 spiro atoms. The van der Waals surface area contributed by atoms with Crippen LogP contribution in [0.15, 0.2) is 42.5 Å². The molecule has 0 bridgehead atoms. The van der Waals surface area contributed by atoms with Gasteiger partial charge in [0.25, 0.3) is 0 Å². The molecule has 270 valence electrons. The molecule has 1 aliphatic heterocycles. The molecule has 49 heavy (non-hydrogen) atoms. The Morgan fingerprint density at radius 1 is 0.939 bits per heavy atom. The monoisotopic (exact) mass is 671 g/mol. The number of ether oxygens (including phenoxy) is 1. The van der Waals surface area contributed by atoms with Crippen LogP contribution >= 0.6 is 0 Å². The Kier molecular flexibility index (Phi) is 9.35. The summed E-state index contributed by atoms with van der Waals surface area (Å²) in [6, 6.07) is 7.67. The number of carbonyl (C=O) groups is 1. The fourth-order valence-corrected chi connectivity index (χ4v) is 14.1. The zero-order chi connectivity index (χ0) is 34.8. The lowest BCUT2D eigenvalue weighted by Crippen LogP contribution is -2.65. The van der Waals surface area contributed by atoms with Crippen LogP contribution in [-0.4, -0.2) is 61.9 Å². The summed E-state index contributed by atoms with van der Waals surface area (Å²) in [7, 11) is 0. The highest BCUT2D eigenvalue weighted by atomic mass is 16.5. The van der Waals surface area contributed by atoms with Crippen molar-refractivity contribution in [3.63, 3.8) is 0 Å². The van der Waals surface area contributed by atoms with Crippen LogP contribution < -0.4 is 5.32 Å². The van der Waals surface area contributed by atoms with Crippen LogP contribution in [0.25, 0.3) is 5.57 Å². The smallest absolute Gasteiger partial charge is 0.335 e. The van der Waals surface area contributed by atoms with Gasteiger partial charge in [-0.15, -0.1) is 0 Å². The number of aromatic carboxylic acids is 1. The van der Waals surface area contributed by atoms with Gasteiger partial charge in [-0.05, 0) is 164 Å². The third-order valence-corrected chi connectivity index (χ3v) is 16.7. The minimum absolute atomic E-state index is 0.0441. The molecule has 2 N–H and O–H groups in total. The molecule has 1 heterocycles. The van der Waals surface area contributed by atoms with Crippen molar-refractivity contribution in [3.05, 3.63) is 53.6 Å². The summed E-state index contributed by atoms with van der Waals surface area (Å²) in [6.45, 7) is 27.6. The number of morpholine rings is 1. The highest BCUT2D eigenvalue weighted by Crippen LogP contribution is 2.77. The van der Waals surface area contributed by atoms with E-state index in [1.165, 1.54) is 87.6 Å². The van der Waals surface area contributed by atoms with Gasteiger partial charge in [0.15, 0.2) is 0 Å². The van der Waals surface area contributed by atoms with E-state index in [4.69, 9.17) is 4.74 Å². The number of rotatable bonds is 9. The summed E-state index contributed by atoms with van der Waals surface area (Å²) >= 11 is 0. The second kappa shape index (κ2) is 12.9. The van der Waals surface area contributed by atoms with Crippen molar-refractivity contribution < 1.29 is 14.6 Å². The Morgan fingerprint density at radius 2 is 1.67 bits per heavy atom. The van der Waals surface area contributed by atoms with Gasteiger partial charge in [-0.25, -0.2) is 4.79 Å². The lowest BCUT2D eigenvalue weighted by molar-refractivity contribution is -0.225. The van der Waals surface area contributed by atoms with Gasteiger partial charge in [0.1, 0.15) is 0 Å². The van der Waals surface area contributed by atoms with Crippen LogP contribution in [0.4, 0.5) is 0 Å². The molecule has 1 aromatic carbocycles. The number of carboxylic acid groups (broad SMARTS) is 1. The number of benzene rings is 1. The zero-order valence-corrected chi connectivity index (χ0v) is 31.7. The van der Waals surface area contributed by atoms with Crippen LogP contribution in [0.1, 0.15) is 122 Å². The van der Waals surface area contributed by atoms with E-state index in [1.807, 2.05) is 12.1 Å². The number of fused-ring (bicyclic) bond motifs is 7. The summed E-state index contributed by atoms with van der Waals surface area (Å²) in [5, 5.41) is 13.5. The van der Waals surface area contributed by atoms with Crippen LogP contribution in [0, 0.1) is 56.7 Å². The lowest BCUT2D eigenvalue weighted by atomic mass is 9.32. The average molecular weight is 671 g/mol.